The van der Waals surface area contributed by atoms with Gasteiger partial charge in [-0.05, 0) is 38.8 Å². The highest BCUT2D eigenvalue weighted by Gasteiger charge is 2.09. The summed E-state index contributed by atoms with van der Waals surface area (Å²) < 4.78 is 5.58. The monoisotopic (exact) mass is 251 g/mol. The van der Waals surface area contributed by atoms with E-state index in [1.54, 1.807) is 0 Å². The topological polar surface area (TPSA) is 60.2 Å². The van der Waals surface area contributed by atoms with E-state index in [0.29, 0.717) is 17.6 Å². The zero-order chi connectivity index (χ0) is 13.5. The number of nitrogens with zero attached hydrogens (tertiary/aromatic N) is 1. The average molecular weight is 251 g/mol. The van der Waals surface area contributed by atoms with Crippen LogP contribution in [0, 0.1) is 0 Å². The van der Waals surface area contributed by atoms with Crippen LogP contribution < -0.4 is 15.8 Å². The Kier molecular flexibility index (Phi) is 5.75. The number of ether oxygens (including phenoxy) is 1. The molecule has 0 aliphatic carbocycles. The van der Waals surface area contributed by atoms with E-state index in [1.165, 1.54) is 0 Å². The maximum absolute atomic E-state index is 5.84. The van der Waals surface area contributed by atoms with Crippen molar-refractivity contribution in [3.05, 3.63) is 12.1 Å². The molecule has 0 bridgehead atoms. The van der Waals surface area contributed by atoms with Gasteiger partial charge in [0.1, 0.15) is 5.82 Å². The fourth-order valence-electron chi connectivity index (χ4n) is 1.79. The molecule has 0 fully saturated rings. The lowest BCUT2D eigenvalue weighted by Gasteiger charge is -2.18. The number of nitrogens with two attached hydrogens (primary N) is 1. The molecule has 0 aromatic carbocycles. The molecule has 102 valence electrons. The van der Waals surface area contributed by atoms with E-state index >= 15 is 0 Å². The van der Waals surface area contributed by atoms with Crippen LogP contribution >= 0.6 is 0 Å². The van der Waals surface area contributed by atoms with Crippen LogP contribution in [0.1, 0.15) is 47.0 Å². The first-order valence-electron chi connectivity index (χ1n) is 6.76. The summed E-state index contributed by atoms with van der Waals surface area (Å²) in [4.78, 5) is 4.42. The molecule has 1 aromatic heterocycles. The van der Waals surface area contributed by atoms with Crippen molar-refractivity contribution >= 4 is 11.5 Å². The first-order chi connectivity index (χ1) is 8.56. The lowest BCUT2D eigenvalue weighted by molar-refractivity contribution is 0.234. The van der Waals surface area contributed by atoms with Gasteiger partial charge >= 0.3 is 0 Å². The third kappa shape index (κ3) is 4.43. The number of anilines is 2. The number of aromatic nitrogens is 1. The van der Waals surface area contributed by atoms with Crippen LogP contribution in [0.5, 0.6) is 5.88 Å². The smallest absolute Gasteiger partial charge is 0.239 e. The van der Waals surface area contributed by atoms with E-state index in [4.69, 9.17) is 10.5 Å². The summed E-state index contributed by atoms with van der Waals surface area (Å²) in [7, 11) is 0. The van der Waals surface area contributed by atoms with E-state index in [2.05, 4.69) is 24.1 Å². The lowest BCUT2D eigenvalue weighted by atomic mass is 10.1. The molecule has 1 heterocycles. The van der Waals surface area contributed by atoms with Crippen molar-refractivity contribution in [3.8, 4) is 5.88 Å². The Morgan fingerprint density at radius 2 is 2.06 bits per heavy atom. The maximum Gasteiger partial charge on any atom is 0.239 e. The van der Waals surface area contributed by atoms with Crippen LogP contribution in [0.25, 0.3) is 0 Å². The average Bonchev–Trinajstić information content (AvgIpc) is 2.32. The van der Waals surface area contributed by atoms with Gasteiger partial charge in [0.25, 0.3) is 0 Å². The van der Waals surface area contributed by atoms with Crippen molar-refractivity contribution in [2.75, 3.05) is 11.1 Å². The van der Waals surface area contributed by atoms with Gasteiger partial charge < -0.3 is 15.8 Å². The van der Waals surface area contributed by atoms with Crippen LogP contribution in [-0.4, -0.2) is 17.1 Å². The molecule has 0 aliphatic rings. The summed E-state index contributed by atoms with van der Waals surface area (Å²) in [5.41, 5.74) is 6.43. The summed E-state index contributed by atoms with van der Waals surface area (Å²) in [6.07, 6.45) is 3.46. The molecule has 4 heteroatoms. The van der Waals surface area contributed by atoms with Gasteiger partial charge in [0.15, 0.2) is 0 Å². The second kappa shape index (κ2) is 7.09. The van der Waals surface area contributed by atoms with Crippen molar-refractivity contribution in [1.29, 1.82) is 0 Å². The fraction of sp³-hybridized carbons (Fsp3) is 0.643. The number of pyridine rings is 1. The summed E-state index contributed by atoms with van der Waals surface area (Å²) >= 11 is 0. The van der Waals surface area contributed by atoms with Crippen molar-refractivity contribution in [2.24, 2.45) is 0 Å². The highest BCUT2D eigenvalue weighted by molar-refractivity contribution is 5.53. The minimum absolute atomic E-state index is 0.0765. The Hall–Kier alpha value is -1.45. The number of rotatable bonds is 7. The molecule has 1 rings (SSSR count). The third-order valence-electron chi connectivity index (χ3n) is 2.72. The largest absolute Gasteiger partial charge is 0.473 e. The molecule has 0 aliphatic heterocycles. The highest BCUT2D eigenvalue weighted by atomic mass is 16.5. The van der Waals surface area contributed by atoms with Crippen molar-refractivity contribution < 1.29 is 4.74 Å². The second-order valence-electron chi connectivity index (χ2n) is 4.80. The van der Waals surface area contributed by atoms with Crippen molar-refractivity contribution in [3.63, 3.8) is 0 Å². The first-order valence-corrected chi connectivity index (χ1v) is 6.76. The first kappa shape index (κ1) is 14.6. The van der Waals surface area contributed by atoms with E-state index in [0.717, 1.165) is 25.1 Å². The van der Waals surface area contributed by atoms with Gasteiger partial charge in [-0.25, -0.2) is 0 Å². The van der Waals surface area contributed by atoms with Gasteiger partial charge in [0, 0.05) is 6.04 Å². The van der Waals surface area contributed by atoms with Crippen molar-refractivity contribution in [2.45, 2.75) is 59.1 Å². The van der Waals surface area contributed by atoms with Crippen LogP contribution in [0.15, 0.2) is 12.1 Å². The summed E-state index contributed by atoms with van der Waals surface area (Å²) in [6.45, 7) is 8.30. The maximum atomic E-state index is 5.84. The molecule has 4 nitrogen and oxygen atoms in total. The summed E-state index contributed by atoms with van der Waals surface area (Å²) in [6, 6.07) is 4.20. The minimum Gasteiger partial charge on any atom is -0.473 e. The van der Waals surface area contributed by atoms with Gasteiger partial charge in [-0.2, -0.15) is 4.98 Å². The third-order valence-corrected chi connectivity index (χ3v) is 2.72. The predicted octanol–water partition coefficient (Wildman–Crippen LogP) is 3.44. The Labute approximate surface area is 110 Å². The molecule has 1 atom stereocenters. The molecule has 0 spiro atoms. The number of nitrogens with one attached hydrogen (secondary N) is 1. The van der Waals surface area contributed by atoms with Crippen LogP contribution in [0.3, 0.4) is 0 Å². The van der Waals surface area contributed by atoms with Crippen molar-refractivity contribution in [1.82, 2.24) is 4.98 Å². The summed E-state index contributed by atoms with van der Waals surface area (Å²) in [5.74, 6) is 1.35. The second-order valence-corrected chi connectivity index (χ2v) is 4.80. The fourth-order valence-corrected chi connectivity index (χ4v) is 1.79. The zero-order valence-corrected chi connectivity index (χ0v) is 11.9. The standard InChI is InChI=1S/C14H25N3O/c1-5-7-11(6-2)16-13-9-8-12(15)14(17-13)18-10(3)4/h8-11H,5-7,15H2,1-4H3,(H,16,17). The molecule has 0 saturated heterocycles. The van der Waals surface area contributed by atoms with Gasteiger partial charge in [-0.15, -0.1) is 0 Å². The number of hydrogen-bond donors (Lipinski definition) is 2. The van der Waals surface area contributed by atoms with E-state index < -0.39 is 0 Å². The van der Waals surface area contributed by atoms with Gasteiger partial charge in [-0.1, -0.05) is 20.3 Å². The quantitative estimate of drug-likeness (QED) is 0.779. The Balaban J connectivity index is 2.77. The molecule has 1 unspecified atom stereocenters. The molecule has 0 saturated carbocycles. The van der Waals surface area contributed by atoms with Crippen LogP contribution in [0.4, 0.5) is 11.5 Å². The van der Waals surface area contributed by atoms with Gasteiger partial charge in [0.2, 0.25) is 5.88 Å². The highest BCUT2D eigenvalue weighted by Crippen LogP contribution is 2.23. The predicted molar refractivity (Wildman–Crippen MR) is 77.0 cm³/mol. The van der Waals surface area contributed by atoms with Gasteiger partial charge in [-0.3, -0.25) is 0 Å². The SMILES string of the molecule is CCCC(CC)Nc1ccc(N)c(OC(C)C)n1. The Morgan fingerprint density at radius 1 is 1.33 bits per heavy atom. The van der Waals surface area contributed by atoms with Crippen LogP contribution in [0.2, 0.25) is 0 Å². The number of nitrogen functional groups attached to an aromatic ring is 1. The molecule has 18 heavy (non-hydrogen) atoms. The zero-order valence-electron chi connectivity index (χ0n) is 11.9. The van der Waals surface area contributed by atoms with E-state index in [1.807, 2.05) is 26.0 Å². The molecule has 1 aromatic rings. The Bertz CT molecular complexity index is 366. The number of hydrogen-bond acceptors (Lipinski definition) is 4. The normalized spacial score (nSPS) is 12.5. The molecular weight excluding hydrogens is 226 g/mol. The van der Waals surface area contributed by atoms with Gasteiger partial charge in [0.05, 0.1) is 11.8 Å². The molecule has 0 amide bonds. The molecular formula is C14H25N3O. The molecule has 3 N–H and O–H groups in total. The van der Waals surface area contributed by atoms with E-state index in [-0.39, 0.29) is 6.10 Å². The van der Waals surface area contributed by atoms with Crippen LogP contribution in [-0.2, 0) is 0 Å². The van der Waals surface area contributed by atoms with E-state index in [9.17, 15) is 0 Å². The lowest BCUT2D eigenvalue weighted by Crippen LogP contribution is -2.19. The Morgan fingerprint density at radius 3 is 2.61 bits per heavy atom. The minimum atomic E-state index is 0.0765. The summed E-state index contributed by atoms with van der Waals surface area (Å²) in [5, 5.41) is 3.42. The molecule has 0 radical (unpaired) electrons.